The van der Waals surface area contributed by atoms with E-state index in [2.05, 4.69) is 16.0 Å². The predicted molar refractivity (Wildman–Crippen MR) is 189 cm³/mol. The normalized spacial score (nSPS) is 13.2. The standard InChI is InChI=1S/C37H36FN3O5S2/c1-3-30(35(44)41-36-32(37(45)46-4-2)27-18-9-11-20-31(27)48-36)47-26-17-12-16-25(22-26)39-34(43)29(21-24-15-8-10-19-28(24)38)40-33(42)23-13-6-5-7-14-23/h5-8,10,12-17,19,21-22,30H,3-4,9,11,18,20H2,1-2H3,(H,39,43)(H,40,42)(H,41,44)/b29-21-. The average molecular weight is 686 g/mol. The molecule has 0 fully saturated rings. The van der Waals surface area contributed by atoms with Crippen LogP contribution < -0.4 is 16.0 Å². The van der Waals surface area contributed by atoms with Crippen LogP contribution in [0.2, 0.25) is 0 Å². The predicted octanol–water partition coefficient (Wildman–Crippen LogP) is 7.86. The van der Waals surface area contributed by atoms with Crippen LogP contribution >= 0.6 is 23.1 Å². The van der Waals surface area contributed by atoms with Gasteiger partial charge in [0, 0.05) is 26.6 Å². The van der Waals surface area contributed by atoms with Crippen LogP contribution in [0.1, 0.15) is 69.8 Å². The van der Waals surface area contributed by atoms with Gasteiger partial charge in [-0.2, -0.15) is 0 Å². The fourth-order valence-corrected chi connectivity index (χ4v) is 7.58. The van der Waals surface area contributed by atoms with Gasteiger partial charge in [-0.3, -0.25) is 14.4 Å². The summed E-state index contributed by atoms with van der Waals surface area (Å²) in [6.07, 6.45) is 5.49. The Morgan fingerprint density at radius 3 is 2.44 bits per heavy atom. The number of carbonyl (C=O) groups is 4. The number of carbonyl (C=O) groups excluding carboxylic acids is 4. The van der Waals surface area contributed by atoms with Crippen molar-refractivity contribution in [1.29, 1.82) is 0 Å². The van der Waals surface area contributed by atoms with Gasteiger partial charge < -0.3 is 20.7 Å². The maximum absolute atomic E-state index is 14.5. The minimum Gasteiger partial charge on any atom is -0.462 e. The Hall–Kier alpha value is -4.74. The number of benzene rings is 3. The van der Waals surface area contributed by atoms with Crippen LogP contribution in [-0.4, -0.2) is 35.5 Å². The molecule has 1 aliphatic rings. The smallest absolute Gasteiger partial charge is 0.341 e. The first-order valence-electron chi connectivity index (χ1n) is 15.8. The van der Waals surface area contributed by atoms with Crippen molar-refractivity contribution in [2.24, 2.45) is 0 Å². The van der Waals surface area contributed by atoms with Crippen molar-refractivity contribution in [3.8, 4) is 0 Å². The van der Waals surface area contributed by atoms with Crippen LogP contribution in [0.25, 0.3) is 6.08 Å². The van der Waals surface area contributed by atoms with Crippen molar-refractivity contribution >= 4 is 63.6 Å². The lowest BCUT2D eigenvalue weighted by atomic mass is 9.95. The van der Waals surface area contributed by atoms with Gasteiger partial charge in [0.1, 0.15) is 16.5 Å². The second-order valence-corrected chi connectivity index (χ2v) is 13.4. The number of thioether (sulfide) groups is 1. The molecule has 1 atom stereocenters. The van der Waals surface area contributed by atoms with E-state index in [4.69, 9.17) is 4.74 Å². The molecule has 5 rings (SSSR count). The summed E-state index contributed by atoms with van der Waals surface area (Å²) in [4.78, 5) is 54.7. The van der Waals surface area contributed by atoms with E-state index < -0.39 is 28.9 Å². The maximum Gasteiger partial charge on any atom is 0.341 e. The van der Waals surface area contributed by atoms with Gasteiger partial charge in [0.2, 0.25) is 5.91 Å². The van der Waals surface area contributed by atoms with Crippen LogP contribution in [-0.2, 0) is 27.2 Å². The number of anilines is 2. The summed E-state index contributed by atoms with van der Waals surface area (Å²) in [5, 5.41) is 8.45. The van der Waals surface area contributed by atoms with Gasteiger partial charge >= 0.3 is 5.97 Å². The molecule has 11 heteroatoms. The molecule has 1 unspecified atom stereocenters. The highest BCUT2D eigenvalue weighted by Gasteiger charge is 2.29. The SMILES string of the molecule is CCOC(=O)c1c(NC(=O)C(CC)Sc2cccc(NC(=O)/C(=C/c3ccccc3F)NC(=O)c3ccccc3)c2)sc2c1CCCC2. The summed E-state index contributed by atoms with van der Waals surface area (Å²) in [7, 11) is 0. The quantitative estimate of drug-likeness (QED) is 0.0795. The molecule has 3 amide bonds. The number of esters is 1. The molecule has 0 saturated heterocycles. The number of aryl methyl sites for hydroxylation is 1. The molecule has 4 aromatic rings. The van der Waals surface area contributed by atoms with E-state index >= 15 is 0 Å². The lowest BCUT2D eigenvalue weighted by Gasteiger charge is -2.16. The van der Waals surface area contributed by atoms with E-state index in [0.29, 0.717) is 28.2 Å². The number of halogens is 1. The molecule has 0 bridgehead atoms. The highest BCUT2D eigenvalue weighted by Crippen LogP contribution is 2.39. The summed E-state index contributed by atoms with van der Waals surface area (Å²) in [6, 6.07) is 21.3. The lowest BCUT2D eigenvalue weighted by Crippen LogP contribution is -2.30. The Morgan fingerprint density at radius 2 is 1.69 bits per heavy atom. The molecule has 1 aliphatic carbocycles. The fraction of sp³-hybridized carbons (Fsp3) is 0.243. The van der Waals surface area contributed by atoms with E-state index in [1.54, 1.807) is 61.5 Å². The second kappa shape index (κ2) is 16.4. The van der Waals surface area contributed by atoms with Crippen LogP contribution in [0.3, 0.4) is 0 Å². The lowest BCUT2D eigenvalue weighted by molar-refractivity contribution is -0.116. The number of rotatable bonds is 12. The zero-order valence-corrected chi connectivity index (χ0v) is 28.3. The van der Waals surface area contributed by atoms with Crippen molar-refractivity contribution in [3.05, 3.63) is 118 Å². The van der Waals surface area contributed by atoms with Gasteiger partial charge in [-0.15, -0.1) is 23.1 Å². The first-order valence-corrected chi connectivity index (χ1v) is 17.5. The number of amides is 3. The molecule has 3 aromatic carbocycles. The van der Waals surface area contributed by atoms with Crippen molar-refractivity contribution in [2.45, 2.75) is 56.1 Å². The average Bonchev–Trinajstić information content (AvgIpc) is 3.46. The number of fused-ring (bicyclic) bond motifs is 1. The van der Waals surface area contributed by atoms with Gasteiger partial charge in [0.15, 0.2) is 0 Å². The second-order valence-electron chi connectivity index (χ2n) is 11.0. The molecule has 8 nitrogen and oxygen atoms in total. The Labute approximate surface area is 287 Å². The van der Waals surface area contributed by atoms with Crippen molar-refractivity contribution in [1.82, 2.24) is 5.32 Å². The van der Waals surface area contributed by atoms with E-state index in [0.717, 1.165) is 41.0 Å². The van der Waals surface area contributed by atoms with E-state index in [-0.39, 0.29) is 23.8 Å². The molecule has 248 valence electrons. The van der Waals surface area contributed by atoms with Crippen LogP contribution in [0.4, 0.5) is 15.1 Å². The van der Waals surface area contributed by atoms with Crippen molar-refractivity contribution in [2.75, 3.05) is 17.2 Å². The van der Waals surface area contributed by atoms with E-state index in [1.807, 2.05) is 13.0 Å². The van der Waals surface area contributed by atoms with Gasteiger partial charge in [0.25, 0.3) is 11.8 Å². The topological polar surface area (TPSA) is 114 Å². The van der Waals surface area contributed by atoms with Gasteiger partial charge in [-0.25, -0.2) is 9.18 Å². The van der Waals surface area contributed by atoms with Crippen molar-refractivity contribution in [3.63, 3.8) is 0 Å². The minimum atomic E-state index is -0.650. The Kier molecular flexibility index (Phi) is 11.8. The molecule has 0 spiro atoms. The summed E-state index contributed by atoms with van der Waals surface area (Å²) < 4.78 is 19.9. The monoisotopic (exact) mass is 685 g/mol. The Bertz CT molecular complexity index is 1840. The summed E-state index contributed by atoms with van der Waals surface area (Å²) in [5.41, 5.74) is 2.19. The van der Waals surface area contributed by atoms with Crippen LogP contribution in [0.15, 0.2) is 89.5 Å². The molecule has 0 radical (unpaired) electrons. The van der Waals surface area contributed by atoms with E-state index in [1.165, 1.54) is 47.4 Å². The third-order valence-corrected chi connectivity index (χ3v) is 10.2. The molecule has 3 N–H and O–H groups in total. The number of ether oxygens (including phenoxy) is 1. The number of thiophene rings is 1. The Morgan fingerprint density at radius 1 is 0.938 bits per heavy atom. The van der Waals surface area contributed by atoms with Crippen LogP contribution in [0, 0.1) is 5.82 Å². The summed E-state index contributed by atoms with van der Waals surface area (Å²) in [5.74, 6) is -2.37. The third kappa shape index (κ3) is 8.59. The molecule has 0 saturated carbocycles. The zero-order chi connectivity index (χ0) is 34.0. The first-order chi connectivity index (χ1) is 23.3. The summed E-state index contributed by atoms with van der Waals surface area (Å²) >= 11 is 2.78. The highest BCUT2D eigenvalue weighted by atomic mass is 32.2. The molecule has 1 aromatic heterocycles. The number of nitrogens with one attached hydrogen (secondary N) is 3. The number of hydrogen-bond donors (Lipinski definition) is 3. The third-order valence-electron chi connectivity index (χ3n) is 7.65. The molecule has 0 aliphatic heterocycles. The molecular formula is C37H36FN3O5S2. The maximum atomic E-state index is 14.5. The number of hydrogen-bond acceptors (Lipinski definition) is 7. The zero-order valence-electron chi connectivity index (χ0n) is 26.6. The minimum absolute atomic E-state index is 0.134. The fourth-order valence-electron chi connectivity index (χ4n) is 5.29. The highest BCUT2D eigenvalue weighted by molar-refractivity contribution is 8.00. The van der Waals surface area contributed by atoms with Gasteiger partial charge in [-0.05, 0) is 87.1 Å². The molecule has 48 heavy (non-hydrogen) atoms. The van der Waals surface area contributed by atoms with Crippen LogP contribution in [0.5, 0.6) is 0 Å². The van der Waals surface area contributed by atoms with Gasteiger partial charge in [0.05, 0.1) is 17.4 Å². The first kappa shape index (κ1) is 34.6. The molecular weight excluding hydrogens is 650 g/mol. The van der Waals surface area contributed by atoms with E-state index in [9.17, 15) is 23.6 Å². The largest absolute Gasteiger partial charge is 0.462 e. The Balaban J connectivity index is 1.32. The van der Waals surface area contributed by atoms with Gasteiger partial charge in [-0.1, -0.05) is 49.4 Å². The summed E-state index contributed by atoms with van der Waals surface area (Å²) in [6.45, 7) is 3.91. The van der Waals surface area contributed by atoms with Crippen molar-refractivity contribution < 1.29 is 28.3 Å². The molecule has 1 heterocycles.